The first-order chi connectivity index (χ1) is 9.16. The van der Waals surface area contributed by atoms with Crippen LogP contribution >= 0.6 is 0 Å². The number of carbonyl (C=O) groups is 1. The summed E-state index contributed by atoms with van der Waals surface area (Å²) in [6.07, 6.45) is 0. The van der Waals surface area contributed by atoms with E-state index in [1.54, 1.807) is 4.68 Å². The quantitative estimate of drug-likeness (QED) is 0.838. The predicted octanol–water partition coefficient (Wildman–Crippen LogP) is 1.52. The third kappa shape index (κ3) is 1.93. The lowest BCUT2D eigenvalue weighted by Gasteiger charge is -2.06. The van der Waals surface area contributed by atoms with Crippen LogP contribution < -0.4 is 5.32 Å². The number of aromatic nitrogens is 2. The van der Waals surface area contributed by atoms with Crippen molar-refractivity contribution in [2.24, 2.45) is 12.0 Å². The number of nitrogens with one attached hydrogen (secondary N) is 1. The van der Waals surface area contributed by atoms with Crippen molar-refractivity contribution < 1.29 is 4.79 Å². The molecule has 5 heteroatoms. The second-order valence-corrected chi connectivity index (χ2v) is 4.51. The molecule has 0 saturated heterocycles. The zero-order valence-electron chi connectivity index (χ0n) is 10.8. The molecule has 1 N–H and O–H groups in total. The number of anilines is 1. The number of carbonyl (C=O) groups excluding carboxylic acids is 1. The van der Waals surface area contributed by atoms with Crippen molar-refractivity contribution in [2.75, 3.05) is 11.9 Å². The van der Waals surface area contributed by atoms with Crippen molar-refractivity contribution in [1.82, 2.24) is 9.78 Å². The maximum absolute atomic E-state index is 11.7. The summed E-state index contributed by atoms with van der Waals surface area (Å²) in [4.78, 5) is 16.2. The van der Waals surface area contributed by atoms with E-state index in [4.69, 9.17) is 0 Å². The Balaban J connectivity index is 2.23. The lowest BCUT2D eigenvalue weighted by atomic mass is 10.0. The molecule has 3 rings (SSSR count). The average molecular weight is 254 g/mol. The van der Waals surface area contributed by atoms with Crippen LogP contribution in [0, 0.1) is 6.92 Å². The Bertz CT molecular complexity index is 670. The van der Waals surface area contributed by atoms with E-state index in [0.717, 1.165) is 22.5 Å². The van der Waals surface area contributed by atoms with Gasteiger partial charge in [-0.2, -0.15) is 5.10 Å². The molecule has 1 aromatic heterocycles. The van der Waals surface area contributed by atoms with Gasteiger partial charge in [-0.1, -0.05) is 30.3 Å². The molecular weight excluding hydrogens is 240 g/mol. The molecule has 19 heavy (non-hydrogen) atoms. The molecule has 96 valence electrons. The molecule has 2 heterocycles. The molecule has 0 bridgehead atoms. The zero-order chi connectivity index (χ0) is 13.4. The van der Waals surface area contributed by atoms with Crippen molar-refractivity contribution in [3.8, 4) is 0 Å². The number of rotatable bonds is 1. The van der Waals surface area contributed by atoms with Gasteiger partial charge in [0.2, 0.25) is 5.91 Å². The van der Waals surface area contributed by atoms with Gasteiger partial charge in [-0.25, -0.2) is 0 Å². The summed E-state index contributed by atoms with van der Waals surface area (Å²) in [5, 5.41) is 7.22. The standard InChI is InChI=1S/C14H14N4O/c1-9-12-13(10-6-4-3-5-7-10)15-8-11(19)16-14(12)18(2)17-9/h3-7H,8H2,1-2H3,(H,16,19). The molecule has 1 aliphatic heterocycles. The van der Waals surface area contributed by atoms with E-state index < -0.39 is 0 Å². The summed E-state index contributed by atoms with van der Waals surface area (Å²) in [5.41, 5.74) is 3.58. The SMILES string of the molecule is Cc1nn(C)c2c1C(c1ccccc1)=NCC(=O)N2. The number of benzene rings is 1. The Hall–Kier alpha value is -2.43. The second-order valence-electron chi connectivity index (χ2n) is 4.51. The number of aliphatic imine (C=N–C) groups is 1. The van der Waals surface area contributed by atoms with Gasteiger partial charge < -0.3 is 5.32 Å². The Kier molecular flexibility index (Phi) is 2.67. The summed E-state index contributed by atoms with van der Waals surface area (Å²) in [6, 6.07) is 9.86. The normalized spacial score (nSPS) is 14.4. The van der Waals surface area contributed by atoms with Crippen LogP contribution in [-0.4, -0.2) is 27.9 Å². The summed E-state index contributed by atoms with van der Waals surface area (Å²) in [7, 11) is 1.82. The Morgan fingerprint density at radius 1 is 1.26 bits per heavy atom. The van der Waals surface area contributed by atoms with Crippen molar-refractivity contribution in [1.29, 1.82) is 0 Å². The predicted molar refractivity (Wildman–Crippen MR) is 73.5 cm³/mol. The van der Waals surface area contributed by atoms with E-state index in [1.807, 2.05) is 44.3 Å². The first-order valence-electron chi connectivity index (χ1n) is 6.10. The minimum absolute atomic E-state index is 0.116. The van der Waals surface area contributed by atoms with Gasteiger partial charge in [0, 0.05) is 12.6 Å². The fourth-order valence-electron chi connectivity index (χ4n) is 2.32. The monoisotopic (exact) mass is 254 g/mol. The van der Waals surface area contributed by atoms with Crippen molar-refractivity contribution >= 4 is 17.4 Å². The molecule has 0 spiro atoms. The van der Waals surface area contributed by atoms with E-state index >= 15 is 0 Å². The Labute approximate surface area is 111 Å². The van der Waals surface area contributed by atoms with Gasteiger partial charge in [0.25, 0.3) is 0 Å². The van der Waals surface area contributed by atoms with Crippen LogP contribution in [0.5, 0.6) is 0 Å². The highest BCUT2D eigenvalue weighted by Crippen LogP contribution is 2.25. The van der Waals surface area contributed by atoms with Crippen molar-refractivity contribution in [2.45, 2.75) is 6.92 Å². The van der Waals surface area contributed by atoms with Crippen LogP contribution in [0.15, 0.2) is 35.3 Å². The van der Waals surface area contributed by atoms with Crippen LogP contribution in [-0.2, 0) is 11.8 Å². The van der Waals surface area contributed by atoms with E-state index in [-0.39, 0.29) is 12.5 Å². The molecule has 0 saturated carbocycles. The topological polar surface area (TPSA) is 59.3 Å². The number of aryl methyl sites for hydroxylation is 2. The van der Waals surface area contributed by atoms with Gasteiger partial charge in [0.05, 0.1) is 17.0 Å². The first-order valence-corrected chi connectivity index (χ1v) is 6.10. The van der Waals surface area contributed by atoms with E-state index in [0.29, 0.717) is 5.82 Å². The molecule has 1 aromatic carbocycles. The lowest BCUT2D eigenvalue weighted by Crippen LogP contribution is -2.16. The number of fused-ring (bicyclic) bond motifs is 1. The van der Waals surface area contributed by atoms with Gasteiger partial charge in [-0.05, 0) is 6.92 Å². The third-order valence-electron chi connectivity index (χ3n) is 3.14. The Morgan fingerprint density at radius 2 is 2.00 bits per heavy atom. The third-order valence-corrected chi connectivity index (χ3v) is 3.14. The van der Waals surface area contributed by atoms with Crippen molar-refractivity contribution in [3.05, 3.63) is 47.2 Å². The van der Waals surface area contributed by atoms with Crippen LogP contribution in [0.3, 0.4) is 0 Å². The molecule has 0 radical (unpaired) electrons. The largest absolute Gasteiger partial charge is 0.309 e. The molecule has 2 aromatic rings. The van der Waals surface area contributed by atoms with Gasteiger partial charge >= 0.3 is 0 Å². The molecule has 0 aliphatic carbocycles. The average Bonchev–Trinajstić information content (AvgIpc) is 2.60. The molecule has 1 aliphatic rings. The molecular formula is C14H14N4O. The smallest absolute Gasteiger partial charge is 0.247 e. The number of hydrogen-bond donors (Lipinski definition) is 1. The maximum Gasteiger partial charge on any atom is 0.247 e. The highest BCUT2D eigenvalue weighted by atomic mass is 16.2. The number of amides is 1. The Morgan fingerprint density at radius 3 is 2.74 bits per heavy atom. The lowest BCUT2D eigenvalue weighted by molar-refractivity contribution is -0.114. The second kappa shape index (κ2) is 4.35. The first kappa shape index (κ1) is 11.6. The number of nitrogens with zero attached hydrogens (tertiary/aromatic N) is 3. The maximum atomic E-state index is 11.7. The van der Waals surface area contributed by atoms with Crippen molar-refractivity contribution in [3.63, 3.8) is 0 Å². The fraction of sp³-hybridized carbons (Fsp3) is 0.214. The zero-order valence-corrected chi connectivity index (χ0v) is 10.8. The summed E-state index contributed by atoms with van der Waals surface area (Å²) in [5.74, 6) is 0.595. The molecule has 0 atom stereocenters. The fourth-order valence-corrected chi connectivity index (χ4v) is 2.32. The van der Waals surface area contributed by atoms with Crippen LogP contribution in [0.1, 0.15) is 16.8 Å². The van der Waals surface area contributed by atoms with Crippen LogP contribution in [0.25, 0.3) is 0 Å². The van der Waals surface area contributed by atoms with Gasteiger partial charge in [-0.15, -0.1) is 0 Å². The van der Waals surface area contributed by atoms with E-state index in [9.17, 15) is 4.79 Å². The van der Waals surface area contributed by atoms with Gasteiger partial charge in [0.1, 0.15) is 12.4 Å². The van der Waals surface area contributed by atoms with Crippen LogP contribution in [0.2, 0.25) is 0 Å². The minimum Gasteiger partial charge on any atom is -0.309 e. The van der Waals surface area contributed by atoms with Crippen LogP contribution in [0.4, 0.5) is 5.82 Å². The molecule has 5 nitrogen and oxygen atoms in total. The molecule has 0 unspecified atom stereocenters. The highest BCUT2D eigenvalue weighted by molar-refractivity contribution is 6.19. The van der Waals surface area contributed by atoms with Gasteiger partial charge in [0.15, 0.2) is 0 Å². The minimum atomic E-state index is -0.116. The van der Waals surface area contributed by atoms with E-state index in [2.05, 4.69) is 15.4 Å². The summed E-state index contributed by atoms with van der Waals surface area (Å²) < 4.78 is 1.69. The highest BCUT2D eigenvalue weighted by Gasteiger charge is 2.23. The van der Waals surface area contributed by atoms with Gasteiger partial charge in [-0.3, -0.25) is 14.5 Å². The van der Waals surface area contributed by atoms with E-state index in [1.165, 1.54) is 0 Å². The molecule has 0 fully saturated rings. The molecule has 1 amide bonds. The summed E-state index contributed by atoms with van der Waals surface area (Å²) in [6.45, 7) is 2.06. The number of hydrogen-bond acceptors (Lipinski definition) is 3. The summed E-state index contributed by atoms with van der Waals surface area (Å²) >= 11 is 0.